The Hall–Kier alpha value is -2.77. The van der Waals surface area contributed by atoms with Gasteiger partial charge < -0.3 is 19.5 Å². The first-order chi connectivity index (χ1) is 13.2. The van der Waals surface area contributed by atoms with E-state index in [2.05, 4.69) is 16.2 Å². The largest absolute Gasteiger partial charge is 0.497 e. The Kier molecular flexibility index (Phi) is 5.13. The molecule has 7 heteroatoms. The predicted octanol–water partition coefficient (Wildman–Crippen LogP) is 1.55. The molecule has 0 radical (unpaired) electrons. The van der Waals surface area contributed by atoms with Crippen LogP contribution in [0.15, 0.2) is 42.5 Å². The number of carbonyl (C=O) groups excluding carboxylic acids is 1. The first kappa shape index (κ1) is 17.6. The lowest BCUT2D eigenvalue weighted by Crippen LogP contribution is -2.34. The van der Waals surface area contributed by atoms with Crippen LogP contribution in [0.1, 0.15) is 17.2 Å². The summed E-state index contributed by atoms with van der Waals surface area (Å²) in [7, 11) is 1.63. The number of rotatable bonds is 5. The Morgan fingerprint density at radius 1 is 1.15 bits per heavy atom. The number of nitrogens with one attached hydrogen (secondary N) is 3. The topological polar surface area (TPSA) is 80.9 Å². The minimum atomic E-state index is -0.217. The van der Waals surface area contributed by atoms with Gasteiger partial charge in [0.15, 0.2) is 11.5 Å². The van der Waals surface area contributed by atoms with Crippen LogP contribution in [0, 0.1) is 5.92 Å². The van der Waals surface area contributed by atoms with Crippen LogP contribution in [0.2, 0.25) is 0 Å². The highest BCUT2D eigenvalue weighted by molar-refractivity contribution is 5.80. The Balaban J connectivity index is 1.42. The zero-order chi connectivity index (χ0) is 18.6. The fraction of sp³-hybridized carbons (Fsp3) is 0.350. The zero-order valence-corrected chi connectivity index (χ0v) is 15.2. The molecule has 4 rings (SSSR count). The van der Waals surface area contributed by atoms with E-state index in [1.807, 2.05) is 42.5 Å². The van der Waals surface area contributed by atoms with E-state index < -0.39 is 0 Å². The molecule has 27 heavy (non-hydrogen) atoms. The number of amides is 1. The van der Waals surface area contributed by atoms with Gasteiger partial charge in [0, 0.05) is 13.1 Å². The SMILES string of the molecule is COc1ccc(CNC(=O)C2CNNC2c2ccc3c(c2)OCCO3)cc1. The summed E-state index contributed by atoms with van der Waals surface area (Å²) in [6, 6.07) is 13.4. The van der Waals surface area contributed by atoms with Gasteiger partial charge in [0.1, 0.15) is 19.0 Å². The van der Waals surface area contributed by atoms with Crippen molar-refractivity contribution in [2.75, 3.05) is 26.9 Å². The van der Waals surface area contributed by atoms with Crippen molar-refractivity contribution in [2.24, 2.45) is 5.92 Å². The highest BCUT2D eigenvalue weighted by atomic mass is 16.6. The average molecular weight is 369 g/mol. The lowest BCUT2D eigenvalue weighted by Gasteiger charge is -2.22. The molecule has 1 amide bonds. The molecule has 7 nitrogen and oxygen atoms in total. The number of ether oxygens (including phenoxy) is 3. The van der Waals surface area contributed by atoms with Gasteiger partial charge in [-0.15, -0.1) is 0 Å². The summed E-state index contributed by atoms with van der Waals surface area (Å²) in [5, 5.41) is 3.02. The summed E-state index contributed by atoms with van der Waals surface area (Å²) in [5.74, 6) is 2.06. The lowest BCUT2D eigenvalue weighted by molar-refractivity contribution is -0.125. The minimum Gasteiger partial charge on any atom is -0.497 e. The van der Waals surface area contributed by atoms with Crippen LogP contribution in [-0.4, -0.2) is 32.8 Å². The Morgan fingerprint density at radius 2 is 1.93 bits per heavy atom. The van der Waals surface area contributed by atoms with Gasteiger partial charge in [0.25, 0.3) is 0 Å². The molecule has 2 heterocycles. The summed E-state index contributed by atoms with van der Waals surface area (Å²) < 4.78 is 16.4. The second-order valence-electron chi connectivity index (χ2n) is 6.58. The monoisotopic (exact) mass is 369 g/mol. The van der Waals surface area contributed by atoms with Crippen molar-refractivity contribution in [3.05, 3.63) is 53.6 Å². The summed E-state index contributed by atoms with van der Waals surface area (Å²) >= 11 is 0. The lowest BCUT2D eigenvalue weighted by atomic mass is 9.93. The molecule has 0 aromatic heterocycles. The Labute approximate surface area is 158 Å². The van der Waals surface area contributed by atoms with E-state index in [1.165, 1.54) is 0 Å². The molecule has 2 aromatic carbocycles. The van der Waals surface area contributed by atoms with E-state index >= 15 is 0 Å². The van der Waals surface area contributed by atoms with Crippen molar-refractivity contribution < 1.29 is 19.0 Å². The molecule has 3 N–H and O–H groups in total. The molecule has 2 atom stereocenters. The Morgan fingerprint density at radius 3 is 2.70 bits per heavy atom. The molecule has 0 aliphatic carbocycles. The third kappa shape index (κ3) is 3.84. The number of hydrogen-bond acceptors (Lipinski definition) is 6. The van der Waals surface area contributed by atoms with E-state index in [4.69, 9.17) is 14.2 Å². The van der Waals surface area contributed by atoms with Gasteiger partial charge in [-0.2, -0.15) is 0 Å². The van der Waals surface area contributed by atoms with E-state index in [0.29, 0.717) is 26.3 Å². The van der Waals surface area contributed by atoms with Gasteiger partial charge in [-0.3, -0.25) is 10.2 Å². The molecule has 1 fully saturated rings. The number of hydrazine groups is 1. The number of fused-ring (bicyclic) bond motifs is 1. The predicted molar refractivity (Wildman–Crippen MR) is 99.6 cm³/mol. The van der Waals surface area contributed by atoms with Crippen LogP contribution in [0.4, 0.5) is 0 Å². The zero-order valence-electron chi connectivity index (χ0n) is 15.2. The van der Waals surface area contributed by atoms with E-state index in [1.54, 1.807) is 7.11 Å². The smallest absolute Gasteiger partial charge is 0.226 e. The first-order valence-corrected chi connectivity index (χ1v) is 9.03. The third-order valence-electron chi connectivity index (χ3n) is 4.87. The van der Waals surface area contributed by atoms with E-state index in [9.17, 15) is 4.79 Å². The molecular formula is C20H23N3O4. The van der Waals surface area contributed by atoms with Gasteiger partial charge in [-0.25, -0.2) is 5.43 Å². The molecule has 142 valence electrons. The van der Waals surface area contributed by atoms with Gasteiger partial charge in [-0.05, 0) is 35.4 Å². The van der Waals surface area contributed by atoms with Crippen LogP contribution >= 0.6 is 0 Å². The van der Waals surface area contributed by atoms with Crippen molar-refractivity contribution in [1.29, 1.82) is 0 Å². The van der Waals surface area contributed by atoms with Crippen LogP contribution in [-0.2, 0) is 11.3 Å². The van der Waals surface area contributed by atoms with Crippen LogP contribution in [0.3, 0.4) is 0 Å². The normalized spacial score (nSPS) is 20.9. The summed E-state index contributed by atoms with van der Waals surface area (Å²) in [4.78, 5) is 12.7. The number of hydrogen-bond donors (Lipinski definition) is 3. The van der Waals surface area contributed by atoms with Gasteiger partial charge in [-0.1, -0.05) is 18.2 Å². The fourth-order valence-corrected chi connectivity index (χ4v) is 3.37. The third-order valence-corrected chi connectivity index (χ3v) is 4.87. The molecule has 0 saturated carbocycles. The summed E-state index contributed by atoms with van der Waals surface area (Å²) in [5.41, 5.74) is 8.32. The maximum absolute atomic E-state index is 12.7. The maximum atomic E-state index is 12.7. The second kappa shape index (κ2) is 7.85. The minimum absolute atomic E-state index is 0.00297. The molecular weight excluding hydrogens is 346 g/mol. The van der Waals surface area contributed by atoms with Gasteiger partial charge >= 0.3 is 0 Å². The van der Waals surface area contributed by atoms with Gasteiger partial charge in [0.2, 0.25) is 5.91 Å². The average Bonchev–Trinajstić information content (AvgIpc) is 3.22. The molecule has 2 unspecified atom stereocenters. The number of benzene rings is 2. The number of carbonyl (C=O) groups is 1. The first-order valence-electron chi connectivity index (χ1n) is 9.03. The molecule has 0 spiro atoms. The molecule has 2 aliphatic rings. The van der Waals surface area contributed by atoms with E-state index in [-0.39, 0.29) is 17.9 Å². The van der Waals surface area contributed by atoms with Crippen LogP contribution in [0.25, 0.3) is 0 Å². The molecule has 2 aliphatic heterocycles. The summed E-state index contributed by atoms with van der Waals surface area (Å²) in [6.45, 7) is 2.14. The van der Waals surface area contributed by atoms with Crippen LogP contribution in [0.5, 0.6) is 17.2 Å². The van der Waals surface area contributed by atoms with Crippen molar-refractivity contribution in [1.82, 2.24) is 16.2 Å². The van der Waals surface area contributed by atoms with Crippen molar-refractivity contribution >= 4 is 5.91 Å². The quantitative estimate of drug-likeness (QED) is 0.742. The Bertz CT molecular complexity index is 809. The highest BCUT2D eigenvalue weighted by Crippen LogP contribution is 2.35. The fourth-order valence-electron chi connectivity index (χ4n) is 3.37. The molecule has 1 saturated heterocycles. The molecule has 0 bridgehead atoms. The standard InChI is InChI=1S/C20H23N3O4/c1-25-15-5-2-13(3-6-15)11-21-20(24)16-12-22-23-19(16)14-4-7-17-18(10-14)27-9-8-26-17/h2-7,10,16,19,22-23H,8-9,11-12H2,1H3,(H,21,24). The van der Waals surface area contributed by atoms with Gasteiger partial charge in [0.05, 0.1) is 19.1 Å². The second-order valence-corrected chi connectivity index (χ2v) is 6.58. The van der Waals surface area contributed by atoms with Crippen LogP contribution < -0.4 is 30.4 Å². The summed E-state index contributed by atoms with van der Waals surface area (Å²) in [6.07, 6.45) is 0. The molecule has 2 aromatic rings. The van der Waals surface area contributed by atoms with Crippen molar-refractivity contribution in [2.45, 2.75) is 12.6 Å². The maximum Gasteiger partial charge on any atom is 0.226 e. The number of methoxy groups -OCH3 is 1. The highest BCUT2D eigenvalue weighted by Gasteiger charge is 2.34. The van der Waals surface area contributed by atoms with Crippen molar-refractivity contribution in [3.63, 3.8) is 0 Å². The van der Waals surface area contributed by atoms with E-state index in [0.717, 1.165) is 28.4 Å². The van der Waals surface area contributed by atoms with Crippen molar-refractivity contribution in [3.8, 4) is 17.2 Å².